The van der Waals surface area contributed by atoms with Crippen LogP contribution in [-0.4, -0.2) is 32.6 Å². The summed E-state index contributed by atoms with van der Waals surface area (Å²) in [7, 11) is 0. The standard InChI is InChI=1S/C16H11F2N5O3S/c17-15(18)26-13-7-3-11(4-8-13)14-20-21-16(27)22(14)19-9-10-1-5-12(6-2-10)23(24)25/h1-9,15H,(H,21,27). The molecule has 1 aromatic heterocycles. The molecule has 3 rings (SSSR count). The van der Waals surface area contributed by atoms with Gasteiger partial charge in [-0.05, 0) is 54.2 Å². The highest BCUT2D eigenvalue weighted by atomic mass is 32.1. The minimum Gasteiger partial charge on any atom is -0.435 e. The number of aromatic nitrogens is 3. The lowest BCUT2D eigenvalue weighted by atomic mass is 10.2. The number of nitro groups is 1. The van der Waals surface area contributed by atoms with Crippen molar-refractivity contribution in [3.05, 3.63) is 69.0 Å². The minimum absolute atomic E-state index is 0.0174. The number of non-ortho nitro benzene ring substituents is 1. The molecule has 0 saturated carbocycles. The second-order valence-electron chi connectivity index (χ2n) is 5.16. The van der Waals surface area contributed by atoms with E-state index >= 15 is 0 Å². The van der Waals surface area contributed by atoms with Crippen molar-refractivity contribution in [2.45, 2.75) is 6.61 Å². The summed E-state index contributed by atoms with van der Waals surface area (Å²) >= 11 is 5.14. The summed E-state index contributed by atoms with van der Waals surface area (Å²) in [6.07, 6.45) is 1.47. The Bertz CT molecular complexity index is 1030. The highest BCUT2D eigenvalue weighted by molar-refractivity contribution is 7.71. The van der Waals surface area contributed by atoms with Crippen LogP contribution in [0.1, 0.15) is 5.56 Å². The van der Waals surface area contributed by atoms with Crippen molar-refractivity contribution in [2.75, 3.05) is 0 Å². The Labute approximate surface area is 155 Å². The molecule has 0 unspecified atom stereocenters. The third-order valence-corrected chi connectivity index (χ3v) is 3.68. The Morgan fingerprint density at radius 1 is 1.22 bits per heavy atom. The molecule has 0 amide bonds. The minimum atomic E-state index is -2.91. The SMILES string of the molecule is O=[N+]([O-])c1ccc(C=Nn2c(-c3ccc(OC(F)F)cc3)n[nH]c2=S)cc1. The van der Waals surface area contributed by atoms with Gasteiger partial charge in [-0.3, -0.25) is 10.1 Å². The Balaban J connectivity index is 1.86. The number of benzene rings is 2. The molecule has 1 heterocycles. The summed E-state index contributed by atoms with van der Waals surface area (Å²) in [5.41, 5.74) is 1.17. The van der Waals surface area contributed by atoms with Gasteiger partial charge in [-0.15, -0.1) is 0 Å². The van der Waals surface area contributed by atoms with Gasteiger partial charge in [-0.2, -0.15) is 23.7 Å². The van der Waals surface area contributed by atoms with Crippen LogP contribution in [0, 0.1) is 14.9 Å². The van der Waals surface area contributed by atoms with Gasteiger partial charge in [-0.25, -0.2) is 5.10 Å². The zero-order chi connectivity index (χ0) is 19.4. The van der Waals surface area contributed by atoms with Gasteiger partial charge in [0.2, 0.25) is 4.77 Å². The molecule has 8 nitrogen and oxygen atoms in total. The third-order valence-electron chi connectivity index (χ3n) is 3.41. The Kier molecular flexibility index (Phi) is 5.31. The fourth-order valence-electron chi connectivity index (χ4n) is 2.18. The van der Waals surface area contributed by atoms with Crippen molar-refractivity contribution < 1.29 is 18.4 Å². The molecule has 138 valence electrons. The molecular weight excluding hydrogens is 380 g/mol. The number of nitrogens with one attached hydrogen (secondary N) is 1. The monoisotopic (exact) mass is 391 g/mol. The van der Waals surface area contributed by atoms with Crippen LogP contribution in [0.5, 0.6) is 5.75 Å². The molecular formula is C16H11F2N5O3S. The number of nitrogens with zero attached hydrogens (tertiary/aromatic N) is 4. The van der Waals surface area contributed by atoms with Gasteiger partial charge in [0.05, 0.1) is 11.1 Å². The maximum Gasteiger partial charge on any atom is 0.387 e. The van der Waals surface area contributed by atoms with E-state index in [1.807, 2.05) is 0 Å². The average molecular weight is 391 g/mol. The molecule has 0 fully saturated rings. The van der Waals surface area contributed by atoms with Crippen molar-refractivity contribution >= 4 is 24.1 Å². The van der Waals surface area contributed by atoms with E-state index in [9.17, 15) is 18.9 Å². The number of hydrogen-bond acceptors (Lipinski definition) is 6. The summed E-state index contributed by atoms with van der Waals surface area (Å²) in [6.45, 7) is -2.91. The maximum atomic E-state index is 12.2. The van der Waals surface area contributed by atoms with Crippen molar-refractivity contribution in [3.8, 4) is 17.1 Å². The summed E-state index contributed by atoms with van der Waals surface area (Å²) < 4.78 is 30.3. The number of alkyl halides is 2. The molecule has 27 heavy (non-hydrogen) atoms. The maximum absolute atomic E-state index is 12.2. The molecule has 0 aliphatic carbocycles. The molecule has 3 aromatic rings. The number of hydrogen-bond donors (Lipinski definition) is 1. The predicted molar refractivity (Wildman–Crippen MR) is 95.6 cm³/mol. The number of rotatable bonds is 6. The quantitative estimate of drug-likeness (QED) is 0.296. The molecule has 0 spiro atoms. The summed E-state index contributed by atoms with van der Waals surface area (Å²) in [6, 6.07) is 11.6. The Hall–Kier alpha value is -3.47. The molecule has 0 aliphatic rings. The first kappa shape index (κ1) is 18.3. The Morgan fingerprint density at radius 3 is 2.48 bits per heavy atom. The van der Waals surface area contributed by atoms with E-state index in [0.717, 1.165) is 0 Å². The number of H-pyrrole nitrogens is 1. The van der Waals surface area contributed by atoms with Crippen LogP contribution in [0.3, 0.4) is 0 Å². The van der Waals surface area contributed by atoms with Crippen LogP contribution < -0.4 is 4.74 Å². The zero-order valence-corrected chi connectivity index (χ0v) is 14.3. The normalized spacial score (nSPS) is 11.2. The van der Waals surface area contributed by atoms with Crippen molar-refractivity contribution in [1.82, 2.24) is 14.9 Å². The van der Waals surface area contributed by atoms with Crippen molar-refractivity contribution in [3.63, 3.8) is 0 Å². The first-order chi connectivity index (χ1) is 12.9. The van der Waals surface area contributed by atoms with Crippen LogP contribution >= 0.6 is 12.2 Å². The van der Waals surface area contributed by atoms with Crippen LogP contribution in [-0.2, 0) is 0 Å². The molecule has 0 atom stereocenters. The van der Waals surface area contributed by atoms with Gasteiger partial charge in [-0.1, -0.05) is 0 Å². The molecule has 11 heteroatoms. The topological polar surface area (TPSA) is 98.3 Å². The number of aromatic amines is 1. The molecule has 0 aliphatic heterocycles. The van der Waals surface area contributed by atoms with Gasteiger partial charge >= 0.3 is 6.61 Å². The van der Waals surface area contributed by atoms with Gasteiger partial charge < -0.3 is 4.74 Å². The summed E-state index contributed by atoms with van der Waals surface area (Å²) in [5.74, 6) is 0.380. The molecule has 1 N–H and O–H groups in total. The van der Waals surface area contributed by atoms with Crippen LogP contribution in [0.25, 0.3) is 11.4 Å². The lowest BCUT2D eigenvalue weighted by Gasteiger charge is -2.05. The first-order valence-electron chi connectivity index (χ1n) is 7.45. The smallest absolute Gasteiger partial charge is 0.387 e. The number of nitro benzene ring substituents is 1. The highest BCUT2D eigenvalue weighted by Crippen LogP contribution is 2.22. The lowest BCUT2D eigenvalue weighted by molar-refractivity contribution is -0.384. The molecule has 0 radical (unpaired) electrons. The zero-order valence-electron chi connectivity index (χ0n) is 13.5. The van der Waals surface area contributed by atoms with E-state index < -0.39 is 11.5 Å². The second-order valence-corrected chi connectivity index (χ2v) is 5.55. The third kappa shape index (κ3) is 4.39. The molecule has 0 bridgehead atoms. The van der Waals surface area contributed by atoms with Gasteiger partial charge in [0, 0.05) is 17.7 Å². The second kappa shape index (κ2) is 7.83. The number of ether oxygens (including phenoxy) is 1. The average Bonchev–Trinajstić information content (AvgIpc) is 3.01. The fraction of sp³-hybridized carbons (Fsp3) is 0.0625. The van der Waals surface area contributed by atoms with Crippen molar-refractivity contribution in [2.24, 2.45) is 5.10 Å². The highest BCUT2D eigenvalue weighted by Gasteiger charge is 2.10. The van der Waals surface area contributed by atoms with Gasteiger partial charge in [0.1, 0.15) is 5.75 Å². The van der Waals surface area contributed by atoms with E-state index in [4.69, 9.17) is 12.2 Å². The predicted octanol–water partition coefficient (Wildman–Crippen LogP) is 4.00. The molecule has 0 saturated heterocycles. The van der Waals surface area contributed by atoms with Crippen LogP contribution in [0.2, 0.25) is 0 Å². The first-order valence-corrected chi connectivity index (χ1v) is 7.86. The lowest BCUT2D eigenvalue weighted by Crippen LogP contribution is -2.01. The Morgan fingerprint density at radius 2 is 1.89 bits per heavy atom. The van der Waals surface area contributed by atoms with Crippen LogP contribution in [0.4, 0.5) is 14.5 Å². The van der Waals surface area contributed by atoms with E-state index in [2.05, 4.69) is 20.0 Å². The summed E-state index contributed by atoms with van der Waals surface area (Å²) in [4.78, 5) is 10.2. The summed E-state index contributed by atoms with van der Waals surface area (Å²) in [5, 5.41) is 21.6. The van der Waals surface area contributed by atoms with Gasteiger partial charge in [0.25, 0.3) is 5.69 Å². The van der Waals surface area contributed by atoms with Crippen molar-refractivity contribution in [1.29, 1.82) is 0 Å². The van der Waals surface area contributed by atoms with Gasteiger partial charge in [0.15, 0.2) is 5.82 Å². The van der Waals surface area contributed by atoms with E-state index in [-0.39, 0.29) is 16.2 Å². The van der Waals surface area contributed by atoms with Crippen LogP contribution in [0.15, 0.2) is 53.6 Å². The number of halogens is 2. The molecule has 2 aromatic carbocycles. The van der Waals surface area contributed by atoms with E-state index in [1.54, 1.807) is 24.3 Å². The largest absolute Gasteiger partial charge is 0.435 e. The van der Waals surface area contributed by atoms with E-state index in [1.165, 1.54) is 35.2 Å². The van der Waals surface area contributed by atoms with E-state index in [0.29, 0.717) is 17.0 Å². The fourth-order valence-corrected chi connectivity index (χ4v) is 2.36.